The van der Waals surface area contributed by atoms with Crippen LogP contribution in [0.15, 0.2) is 89.0 Å². The van der Waals surface area contributed by atoms with E-state index in [-0.39, 0.29) is 28.7 Å². The van der Waals surface area contributed by atoms with Gasteiger partial charge in [0.05, 0.1) is 22.6 Å². The number of benzene rings is 2. The number of aromatic nitrogens is 5. The molecule has 3 aromatic heterocycles. The van der Waals surface area contributed by atoms with Crippen molar-refractivity contribution in [1.29, 1.82) is 0 Å². The molecule has 0 fully saturated rings. The Bertz CT molecular complexity index is 1880. The summed E-state index contributed by atoms with van der Waals surface area (Å²) in [5, 5.41) is 4.43. The van der Waals surface area contributed by atoms with Crippen molar-refractivity contribution in [3.63, 3.8) is 0 Å². The van der Waals surface area contributed by atoms with Gasteiger partial charge in [-0.1, -0.05) is 17.7 Å². The van der Waals surface area contributed by atoms with Crippen LogP contribution in [-0.2, 0) is 13.5 Å². The van der Waals surface area contributed by atoms with Crippen molar-refractivity contribution in [2.24, 2.45) is 7.05 Å². The molecule has 0 saturated heterocycles. The van der Waals surface area contributed by atoms with Crippen LogP contribution in [0.4, 0.5) is 4.39 Å². The molecule has 41 heavy (non-hydrogen) atoms. The summed E-state index contributed by atoms with van der Waals surface area (Å²) in [6, 6.07) is 13.0. The number of Topliss-reactive ketones (excluding diaryl/α,β-unsaturated/α-hetero) is 1. The Kier molecular flexibility index (Phi) is 7.67. The minimum absolute atomic E-state index is 0.143. The molecule has 0 unspecified atom stereocenters. The summed E-state index contributed by atoms with van der Waals surface area (Å²) in [6.45, 7) is 3.52. The number of ether oxygens (including phenoxy) is 1. The lowest BCUT2D eigenvalue weighted by Crippen LogP contribution is -2.42. The van der Waals surface area contributed by atoms with E-state index in [0.717, 1.165) is 22.3 Å². The van der Waals surface area contributed by atoms with Crippen LogP contribution in [0.1, 0.15) is 35.8 Å². The van der Waals surface area contributed by atoms with E-state index in [1.165, 1.54) is 22.9 Å². The van der Waals surface area contributed by atoms with Crippen molar-refractivity contribution in [2.75, 3.05) is 0 Å². The fourth-order valence-electron chi connectivity index (χ4n) is 4.28. The van der Waals surface area contributed by atoms with E-state index in [1.54, 1.807) is 61.3 Å². The normalized spacial score (nSPS) is 11.2. The maximum atomic E-state index is 13.5. The second-order valence-corrected chi connectivity index (χ2v) is 10.1. The zero-order valence-electron chi connectivity index (χ0n) is 22.4. The van der Waals surface area contributed by atoms with Gasteiger partial charge in [0.15, 0.2) is 5.78 Å². The summed E-state index contributed by atoms with van der Waals surface area (Å²) in [5.74, 6) is -0.124. The van der Waals surface area contributed by atoms with Gasteiger partial charge in [-0.2, -0.15) is 5.10 Å². The molecule has 0 saturated carbocycles. The van der Waals surface area contributed by atoms with Crippen molar-refractivity contribution in [3.8, 4) is 28.4 Å². The molecule has 0 spiro atoms. The summed E-state index contributed by atoms with van der Waals surface area (Å²) < 4.78 is 23.3. The molecule has 9 nitrogen and oxygen atoms in total. The molecule has 0 N–H and O–H groups in total. The first-order chi connectivity index (χ1) is 19.6. The van der Waals surface area contributed by atoms with Crippen molar-refractivity contribution >= 4 is 17.4 Å². The third kappa shape index (κ3) is 5.87. The molecule has 5 aromatic rings. The molecule has 0 radical (unpaired) electrons. The first-order valence-electron chi connectivity index (χ1n) is 12.7. The summed E-state index contributed by atoms with van der Waals surface area (Å²) in [4.78, 5) is 44.1. The zero-order valence-corrected chi connectivity index (χ0v) is 23.2. The van der Waals surface area contributed by atoms with Gasteiger partial charge in [-0.3, -0.25) is 23.8 Å². The van der Waals surface area contributed by atoms with Crippen molar-refractivity contribution in [1.82, 2.24) is 23.9 Å². The largest absolute Gasteiger partial charge is 0.456 e. The minimum atomic E-state index is -0.781. The molecule has 208 valence electrons. The Hall–Kier alpha value is -4.83. The Morgan fingerprint density at radius 3 is 2.46 bits per heavy atom. The lowest BCUT2D eigenvalue weighted by atomic mass is 10.0. The van der Waals surface area contributed by atoms with Crippen LogP contribution in [0.2, 0.25) is 5.02 Å². The zero-order chi connectivity index (χ0) is 29.3. The molecule has 2 aromatic carbocycles. The minimum Gasteiger partial charge on any atom is -0.456 e. The molecule has 3 heterocycles. The maximum Gasteiger partial charge on any atom is 0.335 e. The highest BCUT2D eigenvalue weighted by Crippen LogP contribution is 2.32. The summed E-state index contributed by atoms with van der Waals surface area (Å²) >= 11 is 6.50. The van der Waals surface area contributed by atoms with Gasteiger partial charge in [0.25, 0.3) is 5.56 Å². The SMILES string of the molecule is CC(C)n1cc(C(=O)Cc2ccc(Oc3ccnc(-c4cnn(C)c4)c3)c(Cl)c2)c(=O)n(-c2ccc(F)cc2)c1=O. The molecular formula is C30H25ClFN5O4. The molecule has 0 amide bonds. The number of aryl methyl sites for hydroxylation is 1. The number of ketones is 1. The van der Waals surface area contributed by atoms with Gasteiger partial charge in [0.2, 0.25) is 0 Å². The average molecular weight is 574 g/mol. The highest BCUT2D eigenvalue weighted by molar-refractivity contribution is 6.32. The van der Waals surface area contributed by atoms with E-state index in [0.29, 0.717) is 22.8 Å². The van der Waals surface area contributed by atoms with Crippen molar-refractivity contribution < 1.29 is 13.9 Å². The Morgan fingerprint density at radius 1 is 1.05 bits per heavy atom. The van der Waals surface area contributed by atoms with E-state index in [1.807, 2.05) is 13.2 Å². The molecule has 0 aliphatic rings. The highest BCUT2D eigenvalue weighted by atomic mass is 35.5. The second kappa shape index (κ2) is 11.3. The fraction of sp³-hybridized carbons (Fsp3) is 0.167. The van der Waals surface area contributed by atoms with Crippen LogP contribution in [0.3, 0.4) is 0 Å². The van der Waals surface area contributed by atoms with Crippen LogP contribution in [0.5, 0.6) is 11.5 Å². The quantitative estimate of drug-likeness (QED) is 0.231. The van der Waals surface area contributed by atoms with Gasteiger partial charge in [0.1, 0.15) is 22.9 Å². The summed E-state index contributed by atoms with van der Waals surface area (Å²) in [7, 11) is 1.82. The Balaban J connectivity index is 1.41. The standard InChI is InChI=1S/C30H25ClFN5O4/c1-18(2)36-17-24(29(39)37(30(36)40)22-7-5-21(32)6-8-22)27(38)13-19-4-9-28(25(31)12-19)41-23-10-11-33-26(14-23)20-15-34-35(3)16-20/h4-12,14-18H,13H2,1-3H3. The number of nitrogens with zero attached hydrogens (tertiary/aromatic N) is 5. The molecule has 0 atom stereocenters. The number of hydrogen-bond donors (Lipinski definition) is 0. The fourth-order valence-corrected chi connectivity index (χ4v) is 4.52. The van der Waals surface area contributed by atoms with Gasteiger partial charge in [-0.25, -0.2) is 13.8 Å². The first kappa shape index (κ1) is 27.7. The van der Waals surface area contributed by atoms with Crippen LogP contribution in [-0.4, -0.2) is 29.7 Å². The van der Waals surface area contributed by atoms with E-state index in [4.69, 9.17) is 16.3 Å². The van der Waals surface area contributed by atoms with Gasteiger partial charge in [-0.05, 0) is 61.9 Å². The van der Waals surface area contributed by atoms with Crippen LogP contribution in [0.25, 0.3) is 16.9 Å². The number of rotatable bonds is 8. The Morgan fingerprint density at radius 2 is 1.80 bits per heavy atom. The number of carbonyl (C=O) groups excluding carboxylic acids is 1. The molecule has 0 aliphatic carbocycles. The van der Waals surface area contributed by atoms with Gasteiger partial charge in [-0.15, -0.1) is 0 Å². The predicted octanol–water partition coefficient (Wildman–Crippen LogP) is 5.39. The maximum absolute atomic E-state index is 13.5. The number of pyridine rings is 1. The smallest absolute Gasteiger partial charge is 0.335 e. The summed E-state index contributed by atoms with van der Waals surface area (Å²) in [5.41, 5.74) is 0.657. The second-order valence-electron chi connectivity index (χ2n) is 9.69. The topological polar surface area (TPSA) is 101 Å². The molecule has 0 bridgehead atoms. The Labute approximate surface area is 239 Å². The molecule has 11 heteroatoms. The van der Waals surface area contributed by atoms with Crippen LogP contribution in [0, 0.1) is 5.82 Å². The van der Waals surface area contributed by atoms with E-state index in [9.17, 15) is 18.8 Å². The molecular weight excluding hydrogens is 549 g/mol. The lowest BCUT2D eigenvalue weighted by Gasteiger charge is -2.15. The number of hydrogen-bond acceptors (Lipinski definition) is 6. The number of carbonyl (C=O) groups is 1. The third-order valence-electron chi connectivity index (χ3n) is 6.38. The molecule has 0 aliphatic heterocycles. The van der Waals surface area contributed by atoms with Crippen molar-refractivity contribution in [3.05, 3.63) is 122 Å². The van der Waals surface area contributed by atoms with Gasteiger partial charge in [0, 0.05) is 49.7 Å². The lowest BCUT2D eigenvalue weighted by molar-refractivity contribution is 0.0990. The average Bonchev–Trinajstić information content (AvgIpc) is 3.37. The predicted molar refractivity (Wildman–Crippen MR) is 153 cm³/mol. The van der Waals surface area contributed by atoms with Gasteiger partial charge < -0.3 is 4.74 Å². The first-order valence-corrected chi connectivity index (χ1v) is 13.1. The van der Waals surface area contributed by atoms with Crippen LogP contribution < -0.4 is 16.0 Å². The van der Waals surface area contributed by atoms with E-state index < -0.39 is 22.8 Å². The third-order valence-corrected chi connectivity index (χ3v) is 6.67. The van der Waals surface area contributed by atoms with Crippen LogP contribution >= 0.6 is 11.6 Å². The molecule has 5 rings (SSSR count). The van der Waals surface area contributed by atoms with Crippen molar-refractivity contribution in [2.45, 2.75) is 26.3 Å². The van der Waals surface area contributed by atoms with E-state index >= 15 is 0 Å². The number of halogens is 2. The monoisotopic (exact) mass is 573 g/mol. The summed E-state index contributed by atoms with van der Waals surface area (Å²) in [6.07, 6.45) is 6.29. The van der Waals surface area contributed by atoms with E-state index in [2.05, 4.69) is 10.1 Å². The highest BCUT2D eigenvalue weighted by Gasteiger charge is 2.20. The van der Waals surface area contributed by atoms with Gasteiger partial charge >= 0.3 is 5.69 Å².